The number of aliphatic hydroxyl groups excluding tert-OH is 1. The van der Waals surface area contributed by atoms with Crippen LogP contribution in [0, 0.1) is 71.0 Å². The molecular weight excluding hydrogens is 756 g/mol. The molecule has 15 nitrogen and oxygen atoms in total. The summed E-state index contributed by atoms with van der Waals surface area (Å²) in [7, 11) is 0. The third-order valence-electron chi connectivity index (χ3n) is 13.3. The highest BCUT2D eigenvalue weighted by Gasteiger charge is 2.57. The molecule has 6 saturated carbocycles. The van der Waals surface area contributed by atoms with Gasteiger partial charge in [-0.1, -0.05) is 13.2 Å². The number of hydrogen-bond acceptors (Lipinski definition) is 13. The molecule has 9 fully saturated rings. The minimum Gasteiger partial charge on any atom is -0.481 e. The third kappa shape index (κ3) is 12.2. The van der Waals surface area contributed by atoms with Gasteiger partial charge in [0.05, 0.1) is 19.8 Å². The zero-order valence-corrected chi connectivity index (χ0v) is 34.8. The second-order valence-corrected chi connectivity index (χ2v) is 17.3. The predicted molar refractivity (Wildman–Crippen MR) is 206 cm³/mol. The molecule has 0 amide bonds. The zero-order chi connectivity index (χ0) is 43.0. The van der Waals surface area contributed by atoms with Crippen molar-refractivity contribution in [2.45, 2.75) is 118 Å². The first-order chi connectivity index (χ1) is 27.3. The van der Waals surface area contributed by atoms with E-state index in [1.54, 1.807) is 6.92 Å². The maximum absolute atomic E-state index is 11.5. The molecule has 15 heteroatoms. The number of rotatable bonds is 4. The summed E-state index contributed by atoms with van der Waals surface area (Å²) < 4.78 is 31.0. The van der Waals surface area contributed by atoms with E-state index in [0.29, 0.717) is 41.1 Å². The van der Waals surface area contributed by atoms with Crippen molar-refractivity contribution in [3.05, 3.63) is 24.3 Å². The number of aliphatic hydroxyl groups is 1. The van der Waals surface area contributed by atoms with E-state index in [2.05, 4.69) is 17.9 Å². The lowest BCUT2D eigenvalue weighted by Gasteiger charge is -2.26. The summed E-state index contributed by atoms with van der Waals surface area (Å²) in [6.45, 7) is 17.2. The number of carbonyl (C=O) groups excluding carboxylic acids is 4. The van der Waals surface area contributed by atoms with Crippen molar-refractivity contribution >= 4 is 35.8 Å². The van der Waals surface area contributed by atoms with Gasteiger partial charge in [-0.05, 0) is 125 Å². The number of ether oxygens (including phenoxy) is 6. The van der Waals surface area contributed by atoms with E-state index in [4.69, 9.17) is 38.7 Å². The molecule has 0 aromatic rings. The SMILES string of the molecule is C=C(C)C(=O)O.C=C(C)C(=O)OC1OCC2C3CC[C@@H](C3)C12.CC(=O)O.CC(=O)OC(C)=O.CC(=O)OC1OCC2C3CC[C@@H](C3)C12.OC1OCC2C3CC[C@@H](C3)C12. The fourth-order valence-corrected chi connectivity index (χ4v) is 11.2. The van der Waals surface area contributed by atoms with Crippen molar-refractivity contribution in [1.29, 1.82) is 0 Å². The van der Waals surface area contributed by atoms with Gasteiger partial charge in [0.15, 0.2) is 6.29 Å². The van der Waals surface area contributed by atoms with E-state index in [1.165, 1.54) is 85.5 Å². The molecule has 9 rings (SSSR count). The molecule has 15 atom stereocenters. The largest absolute Gasteiger partial charge is 0.481 e. The average molecular weight is 821 g/mol. The maximum atomic E-state index is 11.5. The van der Waals surface area contributed by atoms with Crippen molar-refractivity contribution in [2.24, 2.45) is 71.0 Å². The Morgan fingerprint density at radius 2 is 0.862 bits per heavy atom. The van der Waals surface area contributed by atoms with Gasteiger partial charge in [0.25, 0.3) is 5.97 Å². The van der Waals surface area contributed by atoms with Gasteiger partial charge in [0.1, 0.15) is 0 Å². The smallest absolute Gasteiger partial charge is 0.335 e. The van der Waals surface area contributed by atoms with Gasteiger partial charge in [0, 0.05) is 56.6 Å². The summed E-state index contributed by atoms with van der Waals surface area (Å²) in [5, 5.41) is 24.8. The topological polar surface area (TPSA) is 218 Å². The summed E-state index contributed by atoms with van der Waals surface area (Å²) in [5.74, 6) is 4.94. The van der Waals surface area contributed by atoms with Gasteiger partial charge in [-0.2, -0.15) is 0 Å². The molecule has 3 N–H and O–H groups in total. The number of carbonyl (C=O) groups is 6. The summed E-state index contributed by atoms with van der Waals surface area (Å²) in [4.78, 5) is 60.6. The predicted octanol–water partition coefficient (Wildman–Crippen LogP) is 5.52. The fourth-order valence-electron chi connectivity index (χ4n) is 11.2. The Bertz CT molecular complexity index is 1500. The number of carboxylic acid groups (broad SMARTS) is 2. The van der Waals surface area contributed by atoms with E-state index in [1.807, 2.05) is 0 Å². The Balaban J connectivity index is 0.000000163. The van der Waals surface area contributed by atoms with Gasteiger partial charge in [0.2, 0.25) is 12.6 Å². The molecule has 3 heterocycles. The van der Waals surface area contributed by atoms with Crippen LogP contribution in [0.15, 0.2) is 24.3 Å². The molecule has 6 aliphatic carbocycles. The summed E-state index contributed by atoms with van der Waals surface area (Å²) in [6.07, 6.45) is 11.1. The highest BCUT2D eigenvalue weighted by molar-refractivity contribution is 5.87. The van der Waals surface area contributed by atoms with Gasteiger partial charge in [-0.25, -0.2) is 9.59 Å². The van der Waals surface area contributed by atoms with E-state index in [9.17, 15) is 29.1 Å². The van der Waals surface area contributed by atoms with E-state index >= 15 is 0 Å². The van der Waals surface area contributed by atoms with Crippen LogP contribution in [0.4, 0.5) is 0 Å². The standard InChI is InChI=1S/C13H18O3.C11H16O3.C9H14O2.C4H6O3.C4H6O2.C2H4O2/c1-7(2)12(14)16-13-11-9-4-3-8(5-9)10(11)6-15-13;1-6(12)14-11-10-8-3-2-7(4-8)9(10)5-13-11;10-9-8-6-2-1-5(3-6)7(8)4-11-9;1-3(5)7-4(2)6;1-3(2)4(5)6;1-2(3)4/h8-11,13H,1,3-6H2,2H3;7-11H,2-5H2,1H3;5-10H,1-4H2;1-2H3;1H2,2H3,(H,5,6);1H3,(H,3,4)/t8?,9-,10?,11?,13?;7?,8-,9?,10?,11?;5?,6-,7?,8?,9?;;;/m000.../s1. The van der Waals surface area contributed by atoms with Crippen molar-refractivity contribution in [1.82, 2.24) is 0 Å². The Hall–Kier alpha value is -3.66. The lowest BCUT2D eigenvalue weighted by atomic mass is 9.81. The molecule has 0 spiro atoms. The van der Waals surface area contributed by atoms with Gasteiger partial charge < -0.3 is 43.7 Å². The molecule has 326 valence electrons. The van der Waals surface area contributed by atoms with Gasteiger partial charge in [-0.15, -0.1) is 0 Å². The summed E-state index contributed by atoms with van der Waals surface area (Å²) in [5.41, 5.74) is 0.630. The molecule has 12 unspecified atom stereocenters. The van der Waals surface area contributed by atoms with Crippen LogP contribution in [0.5, 0.6) is 0 Å². The normalized spacial score (nSPS) is 37.7. The number of aliphatic carboxylic acids is 2. The van der Waals surface area contributed by atoms with Crippen LogP contribution in [-0.4, -0.2) is 89.8 Å². The molecule has 3 aliphatic heterocycles. The van der Waals surface area contributed by atoms with Crippen LogP contribution in [0.25, 0.3) is 0 Å². The number of esters is 4. The second-order valence-electron chi connectivity index (χ2n) is 17.3. The molecule has 0 aromatic heterocycles. The first-order valence-corrected chi connectivity index (χ1v) is 20.6. The first kappa shape index (κ1) is 47.0. The Labute approximate surface area is 341 Å². The molecule has 58 heavy (non-hydrogen) atoms. The molecule has 6 bridgehead atoms. The van der Waals surface area contributed by atoms with Crippen LogP contribution in [0.3, 0.4) is 0 Å². The number of fused-ring (bicyclic) bond motifs is 15. The molecule has 3 saturated heterocycles. The Kier molecular flexibility index (Phi) is 17.1. The number of hydrogen-bond donors (Lipinski definition) is 3. The Morgan fingerprint density at radius 1 is 0.517 bits per heavy atom. The van der Waals surface area contributed by atoms with Crippen LogP contribution < -0.4 is 0 Å². The summed E-state index contributed by atoms with van der Waals surface area (Å²) in [6, 6.07) is 0. The minimum absolute atomic E-state index is 0.176. The van der Waals surface area contributed by atoms with Crippen molar-refractivity contribution in [3.8, 4) is 0 Å². The minimum atomic E-state index is -0.935. The highest BCUT2D eigenvalue weighted by Crippen LogP contribution is 2.58. The van der Waals surface area contributed by atoms with Gasteiger partial charge in [-0.3, -0.25) is 19.2 Å². The highest BCUT2D eigenvalue weighted by atomic mass is 16.7. The van der Waals surface area contributed by atoms with Gasteiger partial charge >= 0.3 is 29.8 Å². The van der Waals surface area contributed by atoms with Crippen LogP contribution in [0.1, 0.15) is 99.3 Å². The molecular formula is C43H64O15. The lowest BCUT2D eigenvalue weighted by Crippen LogP contribution is -2.30. The van der Waals surface area contributed by atoms with Crippen molar-refractivity contribution in [2.75, 3.05) is 19.8 Å². The maximum Gasteiger partial charge on any atom is 0.335 e. The van der Waals surface area contributed by atoms with Crippen molar-refractivity contribution in [3.63, 3.8) is 0 Å². The lowest BCUT2D eigenvalue weighted by molar-refractivity contribution is -0.176. The van der Waals surface area contributed by atoms with Crippen LogP contribution in [-0.2, 0) is 57.2 Å². The van der Waals surface area contributed by atoms with Crippen LogP contribution in [0.2, 0.25) is 0 Å². The fraction of sp³-hybridized carbons (Fsp3) is 0.767. The second kappa shape index (κ2) is 21.0. The van der Waals surface area contributed by atoms with E-state index < -0.39 is 30.2 Å². The summed E-state index contributed by atoms with van der Waals surface area (Å²) >= 11 is 0. The molecule has 0 radical (unpaired) electrons. The van der Waals surface area contributed by atoms with Crippen LogP contribution >= 0.6 is 0 Å². The average Bonchev–Trinajstić information content (AvgIpc) is 3.96. The van der Waals surface area contributed by atoms with Crippen molar-refractivity contribution < 1.29 is 72.5 Å². The van der Waals surface area contributed by atoms with E-state index in [-0.39, 0.29) is 30.1 Å². The quantitative estimate of drug-likeness (QED) is 0.138. The third-order valence-corrected chi connectivity index (χ3v) is 13.3. The number of carboxylic acids is 2. The van der Waals surface area contributed by atoms with E-state index in [0.717, 1.165) is 62.3 Å². The molecule has 9 aliphatic rings. The first-order valence-electron chi connectivity index (χ1n) is 20.6. The zero-order valence-electron chi connectivity index (χ0n) is 34.8. The monoisotopic (exact) mass is 820 g/mol. The molecule has 0 aromatic carbocycles. The Morgan fingerprint density at radius 3 is 1.19 bits per heavy atom.